The highest BCUT2D eigenvalue weighted by atomic mass is 16.6. The SMILES string of the molecule is C=C(C(=O)OC)[C@@H](O)[C@H](CC(C)C)NC(=O)OC(C)(C)C. The average molecular weight is 301 g/mol. The maximum Gasteiger partial charge on any atom is 0.407 e. The number of carbonyl (C=O) groups excluding carboxylic acids is 2. The van der Waals surface area contributed by atoms with E-state index in [1.165, 1.54) is 7.11 Å². The van der Waals surface area contributed by atoms with Gasteiger partial charge in [0.05, 0.1) is 18.7 Å². The van der Waals surface area contributed by atoms with Gasteiger partial charge >= 0.3 is 12.1 Å². The number of hydrogen-bond acceptors (Lipinski definition) is 5. The highest BCUT2D eigenvalue weighted by Gasteiger charge is 2.29. The van der Waals surface area contributed by atoms with E-state index in [4.69, 9.17) is 4.74 Å². The number of hydrogen-bond donors (Lipinski definition) is 2. The number of ether oxygens (including phenoxy) is 2. The first-order valence-corrected chi connectivity index (χ1v) is 6.92. The topological polar surface area (TPSA) is 84.9 Å². The lowest BCUT2D eigenvalue weighted by molar-refractivity contribution is -0.137. The molecule has 0 aliphatic heterocycles. The largest absolute Gasteiger partial charge is 0.466 e. The van der Waals surface area contributed by atoms with Crippen molar-refractivity contribution >= 4 is 12.1 Å². The van der Waals surface area contributed by atoms with Gasteiger partial charge in [-0.2, -0.15) is 0 Å². The van der Waals surface area contributed by atoms with Crippen molar-refractivity contribution in [3.8, 4) is 0 Å². The van der Waals surface area contributed by atoms with E-state index in [1.54, 1.807) is 20.8 Å². The van der Waals surface area contributed by atoms with Crippen molar-refractivity contribution in [3.63, 3.8) is 0 Å². The maximum atomic E-state index is 11.8. The Hall–Kier alpha value is -1.56. The van der Waals surface area contributed by atoms with Gasteiger partial charge in [0, 0.05) is 0 Å². The highest BCUT2D eigenvalue weighted by molar-refractivity contribution is 5.89. The van der Waals surface area contributed by atoms with Gasteiger partial charge in [-0.15, -0.1) is 0 Å². The van der Waals surface area contributed by atoms with Crippen molar-refractivity contribution in [1.82, 2.24) is 5.32 Å². The van der Waals surface area contributed by atoms with Gasteiger partial charge in [0.2, 0.25) is 0 Å². The number of rotatable bonds is 6. The Kier molecular flexibility index (Phi) is 7.43. The minimum absolute atomic E-state index is 0.0980. The van der Waals surface area contributed by atoms with Crippen molar-refractivity contribution in [2.75, 3.05) is 7.11 Å². The van der Waals surface area contributed by atoms with E-state index in [1.807, 2.05) is 13.8 Å². The second-order valence-corrected chi connectivity index (χ2v) is 6.34. The average Bonchev–Trinajstić information content (AvgIpc) is 2.32. The zero-order valence-electron chi connectivity index (χ0n) is 13.7. The summed E-state index contributed by atoms with van der Waals surface area (Å²) in [6.45, 7) is 12.6. The van der Waals surface area contributed by atoms with Gasteiger partial charge in [-0.25, -0.2) is 9.59 Å². The van der Waals surface area contributed by atoms with Gasteiger partial charge in [-0.05, 0) is 33.1 Å². The summed E-state index contributed by atoms with van der Waals surface area (Å²) in [6.07, 6.45) is -1.41. The maximum absolute atomic E-state index is 11.8. The van der Waals surface area contributed by atoms with Crippen molar-refractivity contribution in [3.05, 3.63) is 12.2 Å². The quantitative estimate of drug-likeness (QED) is 0.579. The van der Waals surface area contributed by atoms with Gasteiger partial charge in [0.25, 0.3) is 0 Å². The molecule has 0 aromatic heterocycles. The van der Waals surface area contributed by atoms with Crippen molar-refractivity contribution < 1.29 is 24.2 Å². The first-order valence-electron chi connectivity index (χ1n) is 6.92. The third kappa shape index (κ3) is 7.70. The van der Waals surface area contributed by atoms with Crippen LogP contribution in [0.25, 0.3) is 0 Å². The fraction of sp³-hybridized carbons (Fsp3) is 0.733. The molecule has 0 bridgehead atoms. The summed E-state index contributed by atoms with van der Waals surface area (Å²) < 4.78 is 9.69. The van der Waals surface area contributed by atoms with E-state index in [-0.39, 0.29) is 11.5 Å². The van der Waals surface area contributed by atoms with Crippen molar-refractivity contribution in [2.45, 2.75) is 58.8 Å². The zero-order valence-corrected chi connectivity index (χ0v) is 13.7. The van der Waals surface area contributed by atoms with Gasteiger partial charge in [0.1, 0.15) is 11.7 Å². The van der Waals surface area contributed by atoms with Crippen LogP contribution >= 0.6 is 0 Å². The fourth-order valence-electron chi connectivity index (χ4n) is 1.73. The summed E-state index contributed by atoms with van der Waals surface area (Å²) >= 11 is 0. The first kappa shape index (κ1) is 19.4. The lowest BCUT2D eigenvalue weighted by atomic mass is 9.95. The Labute approximate surface area is 126 Å². The van der Waals surface area contributed by atoms with E-state index in [0.29, 0.717) is 6.42 Å². The molecule has 0 fully saturated rings. The first-order chi connectivity index (χ1) is 9.47. The molecule has 6 heteroatoms. The predicted molar refractivity (Wildman–Crippen MR) is 79.8 cm³/mol. The van der Waals surface area contributed by atoms with Crippen LogP contribution in [0.4, 0.5) is 4.79 Å². The molecule has 0 unspecified atom stereocenters. The van der Waals surface area contributed by atoms with Gasteiger partial charge in [-0.1, -0.05) is 20.4 Å². The number of aliphatic hydroxyl groups is 1. The van der Waals surface area contributed by atoms with E-state index in [0.717, 1.165) is 0 Å². The monoisotopic (exact) mass is 301 g/mol. The molecule has 0 aromatic carbocycles. The van der Waals surface area contributed by atoms with Crippen LogP contribution < -0.4 is 5.32 Å². The molecule has 2 atom stereocenters. The van der Waals surface area contributed by atoms with Gasteiger partial charge < -0.3 is 19.9 Å². The van der Waals surface area contributed by atoms with Crippen LogP contribution in [-0.2, 0) is 14.3 Å². The molecule has 0 saturated carbocycles. The Morgan fingerprint density at radius 1 is 1.29 bits per heavy atom. The van der Waals surface area contributed by atoms with Crippen LogP contribution in [0.3, 0.4) is 0 Å². The molecule has 122 valence electrons. The molecule has 21 heavy (non-hydrogen) atoms. The van der Waals surface area contributed by atoms with Crippen LogP contribution in [-0.4, -0.2) is 42.0 Å². The number of nitrogens with one attached hydrogen (secondary N) is 1. The van der Waals surface area contributed by atoms with Crippen LogP contribution in [0.15, 0.2) is 12.2 Å². The summed E-state index contributed by atoms with van der Waals surface area (Å²) in [5.41, 5.74) is -0.740. The molecule has 0 heterocycles. The van der Waals surface area contributed by atoms with Crippen LogP contribution in [0.1, 0.15) is 41.0 Å². The highest BCUT2D eigenvalue weighted by Crippen LogP contribution is 2.16. The molecule has 1 amide bonds. The predicted octanol–water partition coefficient (Wildman–Crippen LogP) is 2.02. The zero-order chi connectivity index (χ0) is 16.8. The second kappa shape index (κ2) is 8.02. The molecule has 0 aliphatic carbocycles. The molecule has 0 radical (unpaired) electrons. The van der Waals surface area contributed by atoms with Gasteiger partial charge in [-0.3, -0.25) is 0 Å². The van der Waals surface area contributed by atoms with Gasteiger partial charge in [0.15, 0.2) is 0 Å². The number of methoxy groups -OCH3 is 1. The molecule has 0 spiro atoms. The molecule has 0 aromatic rings. The fourth-order valence-corrected chi connectivity index (χ4v) is 1.73. The third-order valence-electron chi connectivity index (χ3n) is 2.61. The molecular weight excluding hydrogens is 274 g/mol. The van der Waals surface area contributed by atoms with Crippen LogP contribution in [0.5, 0.6) is 0 Å². The van der Waals surface area contributed by atoms with E-state index in [2.05, 4.69) is 16.6 Å². The number of aliphatic hydroxyl groups excluding tert-OH is 1. The summed E-state index contributed by atoms with van der Waals surface area (Å²) in [5, 5.41) is 12.8. The third-order valence-corrected chi connectivity index (χ3v) is 2.61. The number of carbonyl (C=O) groups is 2. The molecule has 0 aliphatic rings. The van der Waals surface area contributed by atoms with E-state index in [9.17, 15) is 14.7 Å². The number of alkyl carbamates (subject to hydrolysis) is 1. The minimum atomic E-state index is -1.23. The Bertz CT molecular complexity index is 384. The summed E-state index contributed by atoms with van der Waals surface area (Å²) in [4.78, 5) is 23.3. The standard InChI is InChI=1S/C15H27NO5/c1-9(2)8-11(12(17)10(3)13(18)20-7)16-14(19)21-15(4,5)6/h9,11-12,17H,3,8H2,1-2,4-7H3,(H,16,19)/t11-,12+/m0/s1. The molecule has 0 rings (SSSR count). The molecule has 0 saturated heterocycles. The Morgan fingerprint density at radius 3 is 2.19 bits per heavy atom. The van der Waals surface area contributed by atoms with Crippen LogP contribution in [0.2, 0.25) is 0 Å². The molecule has 6 nitrogen and oxygen atoms in total. The second-order valence-electron chi connectivity index (χ2n) is 6.34. The van der Waals surface area contributed by atoms with Crippen molar-refractivity contribution in [1.29, 1.82) is 0 Å². The molecular formula is C15H27NO5. The lowest BCUT2D eigenvalue weighted by Crippen LogP contribution is -2.47. The summed E-state index contributed by atoms with van der Waals surface area (Å²) in [6, 6.07) is -0.675. The lowest BCUT2D eigenvalue weighted by Gasteiger charge is -2.28. The minimum Gasteiger partial charge on any atom is -0.466 e. The Morgan fingerprint density at radius 2 is 1.81 bits per heavy atom. The number of esters is 1. The van der Waals surface area contributed by atoms with Crippen LogP contribution in [0, 0.1) is 5.92 Å². The Balaban J connectivity index is 4.91. The van der Waals surface area contributed by atoms with Crippen molar-refractivity contribution in [2.24, 2.45) is 5.92 Å². The van der Waals surface area contributed by atoms with E-state index < -0.39 is 29.8 Å². The summed E-state index contributed by atoms with van der Waals surface area (Å²) in [7, 11) is 1.21. The smallest absolute Gasteiger partial charge is 0.407 e. The normalized spacial score (nSPS) is 14.3. The summed E-state index contributed by atoms with van der Waals surface area (Å²) in [5.74, 6) is -0.507. The number of amides is 1. The van der Waals surface area contributed by atoms with E-state index >= 15 is 0 Å². The molecule has 2 N–H and O–H groups in total.